The van der Waals surface area contributed by atoms with Crippen molar-refractivity contribution in [1.82, 2.24) is 0 Å². The number of hydrogen-bond acceptors (Lipinski definition) is 3. The zero-order valence-corrected chi connectivity index (χ0v) is 9.03. The highest BCUT2D eigenvalue weighted by atomic mass is 32.1. The van der Waals surface area contributed by atoms with Crippen LogP contribution in [0.3, 0.4) is 0 Å². The fourth-order valence-corrected chi connectivity index (χ4v) is 2.22. The predicted octanol–water partition coefficient (Wildman–Crippen LogP) is 2.68. The van der Waals surface area contributed by atoms with E-state index in [0.717, 1.165) is 11.3 Å². The van der Waals surface area contributed by atoms with Crippen molar-refractivity contribution in [3.05, 3.63) is 57.8 Å². The highest BCUT2D eigenvalue weighted by molar-refractivity contribution is 7.12. The van der Waals surface area contributed by atoms with Gasteiger partial charge in [-0.25, -0.2) is 4.79 Å². The average molecular weight is 232 g/mol. The number of carbonyl (C=O) groups is 2. The minimum atomic E-state index is -1.07. The van der Waals surface area contributed by atoms with Crippen LogP contribution in [-0.4, -0.2) is 16.9 Å². The summed E-state index contributed by atoms with van der Waals surface area (Å²) in [4.78, 5) is 23.1. The van der Waals surface area contributed by atoms with E-state index in [1.165, 1.54) is 6.07 Å². The van der Waals surface area contributed by atoms with Gasteiger partial charge >= 0.3 is 5.97 Å². The minimum absolute atomic E-state index is 0.0684. The first kappa shape index (κ1) is 10.6. The summed E-state index contributed by atoms with van der Waals surface area (Å²) in [5.74, 6) is -1.31. The highest BCUT2D eigenvalue weighted by Gasteiger charge is 2.18. The summed E-state index contributed by atoms with van der Waals surface area (Å²) in [5, 5.41) is 10.5. The number of ketones is 1. The van der Waals surface area contributed by atoms with Gasteiger partial charge in [0.05, 0.1) is 10.4 Å². The van der Waals surface area contributed by atoms with Crippen LogP contribution in [0.5, 0.6) is 0 Å². The van der Waals surface area contributed by atoms with Crippen molar-refractivity contribution in [3.63, 3.8) is 0 Å². The largest absolute Gasteiger partial charge is 0.478 e. The molecule has 0 aliphatic carbocycles. The summed E-state index contributed by atoms with van der Waals surface area (Å²) < 4.78 is 0. The van der Waals surface area contributed by atoms with Crippen LogP contribution in [0.1, 0.15) is 25.6 Å². The van der Waals surface area contributed by atoms with Gasteiger partial charge in [0, 0.05) is 5.56 Å². The lowest BCUT2D eigenvalue weighted by Crippen LogP contribution is -2.05. The van der Waals surface area contributed by atoms with Crippen LogP contribution in [-0.2, 0) is 0 Å². The molecule has 0 fully saturated rings. The van der Waals surface area contributed by atoms with Crippen molar-refractivity contribution in [2.24, 2.45) is 0 Å². The maximum Gasteiger partial charge on any atom is 0.337 e. The van der Waals surface area contributed by atoms with Crippen molar-refractivity contribution >= 4 is 23.1 Å². The highest BCUT2D eigenvalue weighted by Crippen LogP contribution is 2.20. The summed E-state index contributed by atoms with van der Waals surface area (Å²) in [6, 6.07) is 10.1. The van der Waals surface area contributed by atoms with Crippen molar-refractivity contribution in [1.29, 1.82) is 0 Å². The van der Waals surface area contributed by atoms with Gasteiger partial charge in [-0.1, -0.05) is 30.3 Å². The third kappa shape index (κ3) is 1.87. The van der Waals surface area contributed by atoms with Gasteiger partial charge in [0.25, 0.3) is 0 Å². The number of rotatable bonds is 3. The van der Waals surface area contributed by atoms with Crippen molar-refractivity contribution < 1.29 is 14.7 Å². The maximum absolute atomic E-state index is 12.0. The predicted molar refractivity (Wildman–Crippen MR) is 61.2 cm³/mol. The lowest BCUT2D eigenvalue weighted by molar-refractivity contribution is 0.0693. The molecule has 0 aliphatic rings. The van der Waals surface area contributed by atoms with E-state index in [1.54, 1.807) is 29.6 Å². The number of carboxylic acids is 1. The molecule has 0 radical (unpaired) electrons. The topological polar surface area (TPSA) is 54.4 Å². The second-order valence-corrected chi connectivity index (χ2v) is 4.08. The summed E-state index contributed by atoms with van der Waals surface area (Å²) in [6.45, 7) is 0. The van der Waals surface area contributed by atoms with Gasteiger partial charge in [-0.2, -0.15) is 0 Å². The van der Waals surface area contributed by atoms with Crippen LogP contribution in [0.2, 0.25) is 0 Å². The molecule has 1 aromatic carbocycles. The van der Waals surface area contributed by atoms with Gasteiger partial charge in [0.15, 0.2) is 0 Å². The van der Waals surface area contributed by atoms with E-state index in [0.29, 0.717) is 5.56 Å². The van der Waals surface area contributed by atoms with Gasteiger partial charge in [-0.3, -0.25) is 4.79 Å². The SMILES string of the molecule is O=C(O)c1ccsc1C(=O)c1ccccc1. The molecular formula is C12H8O3S. The first-order valence-corrected chi connectivity index (χ1v) is 5.48. The molecule has 0 amide bonds. The number of benzene rings is 1. The number of hydrogen-bond donors (Lipinski definition) is 1. The van der Waals surface area contributed by atoms with Crippen LogP contribution >= 0.6 is 11.3 Å². The van der Waals surface area contributed by atoms with Crippen LogP contribution < -0.4 is 0 Å². The number of carboxylic acid groups (broad SMARTS) is 1. The van der Waals surface area contributed by atoms with Crippen molar-refractivity contribution in [2.75, 3.05) is 0 Å². The van der Waals surface area contributed by atoms with E-state index >= 15 is 0 Å². The molecular weight excluding hydrogens is 224 g/mol. The minimum Gasteiger partial charge on any atom is -0.478 e. The Morgan fingerprint density at radius 1 is 1.06 bits per heavy atom. The Hall–Kier alpha value is -1.94. The molecule has 0 spiro atoms. The Balaban J connectivity index is 2.42. The van der Waals surface area contributed by atoms with Crippen molar-refractivity contribution in [2.45, 2.75) is 0 Å². The van der Waals surface area contributed by atoms with Gasteiger partial charge in [-0.05, 0) is 11.4 Å². The molecule has 3 nitrogen and oxygen atoms in total. The van der Waals surface area contributed by atoms with Crippen LogP contribution in [0.15, 0.2) is 41.8 Å². The van der Waals surface area contributed by atoms with Crippen LogP contribution in [0.25, 0.3) is 0 Å². The summed E-state index contributed by atoms with van der Waals surface area (Å²) in [7, 11) is 0. The maximum atomic E-state index is 12.0. The molecule has 2 aromatic rings. The Morgan fingerprint density at radius 2 is 1.75 bits per heavy atom. The molecule has 1 aromatic heterocycles. The van der Waals surface area contributed by atoms with E-state index in [4.69, 9.17) is 5.11 Å². The monoisotopic (exact) mass is 232 g/mol. The van der Waals surface area contributed by atoms with Gasteiger partial charge in [-0.15, -0.1) is 11.3 Å². The standard InChI is InChI=1S/C12H8O3S/c13-10(8-4-2-1-3-5-8)11-9(12(14)15)6-7-16-11/h1-7H,(H,14,15). The number of aromatic carboxylic acids is 1. The molecule has 0 unspecified atom stereocenters. The normalized spacial score (nSPS) is 10.0. The Kier molecular flexibility index (Phi) is 2.83. The van der Waals surface area contributed by atoms with Gasteiger partial charge < -0.3 is 5.11 Å². The van der Waals surface area contributed by atoms with E-state index in [2.05, 4.69) is 0 Å². The first-order valence-electron chi connectivity index (χ1n) is 4.60. The third-order valence-electron chi connectivity index (χ3n) is 2.14. The molecule has 1 heterocycles. The summed E-state index contributed by atoms with van der Waals surface area (Å²) >= 11 is 1.15. The van der Waals surface area contributed by atoms with E-state index in [9.17, 15) is 9.59 Å². The van der Waals surface area contributed by atoms with E-state index in [-0.39, 0.29) is 16.2 Å². The Labute approximate surface area is 96.0 Å². The quantitative estimate of drug-likeness (QED) is 0.828. The molecule has 0 saturated carbocycles. The zero-order valence-electron chi connectivity index (χ0n) is 8.21. The molecule has 0 aliphatic heterocycles. The molecule has 4 heteroatoms. The Bertz CT molecular complexity index is 528. The second-order valence-electron chi connectivity index (χ2n) is 3.16. The fraction of sp³-hybridized carbons (Fsp3) is 0. The molecule has 0 atom stereocenters. The molecule has 16 heavy (non-hydrogen) atoms. The first-order chi connectivity index (χ1) is 7.70. The molecule has 0 bridgehead atoms. The number of carbonyl (C=O) groups excluding carboxylic acids is 1. The Morgan fingerprint density at radius 3 is 2.38 bits per heavy atom. The van der Waals surface area contributed by atoms with Gasteiger partial charge in [0.1, 0.15) is 0 Å². The summed E-state index contributed by atoms with van der Waals surface area (Å²) in [6.07, 6.45) is 0. The average Bonchev–Trinajstić information content (AvgIpc) is 2.78. The van der Waals surface area contributed by atoms with Crippen molar-refractivity contribution in [3.8, 4) is 0 Å². The third-order valence-corrected chi connectivity index (χ3v) is 3.05. The van der Waals surface area contributed by atoms with E-state index in [1.807, 2.05) is 6.07 Å². The zero-order chi connectivity index (χ0) is 11.5. The van der Waals surface area contributed by atoms with E-state index < -0.39 is 5.97 Å². The summed E-state index contributed by atoms with van der Waals surface area (Å²) in [5.41, 5.74) is 0.575. The second kappa shape index (κ2) is 4.28. The molecule has 2 rings (SSSR count). The van der Waals surface area contributed by atoms with Crippen LogP contribution in [0.4, 0.5) is 0 Å². The molecule has 0 saturated heterocycles. The number of thiophene rings is 1. The molecule has 80 valence electrons. The lowest BCUT2D eigenvalue weighted by Gasteiger charge is -1.99. The molecule has 1 N–H and O–H groups in total. The fourth-order valence-electron chi connectivity index (χ4n) is 1.37. The lowest BCUT2D eigenvalue weighted by atomic mass is 10.1. The van der Waals surface area contributed by atoms with Gasteiger partial charge in [0.2, 0.25) is 5.78 Å². The smallest absolute Gasteiger partial charge is 0.337 e. The van der Waals surface area contributed by atoms with Crippen LogP contribution in [0, 0.1) is 0 Å².